The van der Waals surface area contributed by atoms with Crippen LogP contribution in [0.25, 0.3) is 11.2 Å². The quantitative estimate of drug-likeness (QED) is 0.406. The van der Waals surface area contributed by atoms with Crippen molar-refractivity contribution in [2.24, 2.45) is 11.3 Å². The molecule has 1 unspecified atom stereocenters. The van der Waals surface area contributed by atoms with E-state index in [1.165, 1.54) is 10.9 Å². The van der Waals surface area contributed by atoms with Crippen molar-refractivity contribution < 1.29 is 24.5 Å². The first kappa shape index (κ1) is 27.8. The van der Waals surface area contributed by atoms with Crippen molar-refractivity contribution in [1.82, 2.24) is 29.7 Å². The predicted molar refractivity (Wildman–Crippen MR) is 139 cm³/mol. The van der Waals surface area contributed by atoms with E-state index in [1.807, 2.05) is 4.90 Å². The van der Waals surface area contributed by atoms with Crippen molar-refractivity contribution in [3.05, 3.63) is 12.2 Å². The van der Waals surface area contributed by atoms with Gasteiger partial charge in [0.2, 0.25) is 11.7 Å². The van der Waals surface area contributed by atoms with E-state index in [0.717, 1.165) is 25.9 Å². The fourth-order valence-corrected chi connectivity index (χ4v) is 4.79. The van der Waals surface area contributed by atoms with Crippen LogP contribution in [0.4, 0.5) is 5.82 Å². The minimum absolute atomic E-state index is 0.0229. The topological polar surface area (TPSA) is 169 Å². The average molecular weight is 528 g/mol. The van der Waals surface area contributed by atoms with Crippen LogP contribution >= 0.6 is 0 Å². The summed E-state index contributed by atoms with van der Waals surface area (Å²) in [7, 11) is 0. The number of likely N-dealkylation sites (tertiary alicyclic amines) is 1. The lowest BCUT2D eigenvalue weighted by molar-refractivity contribution is -0.137. The SMILES string of the molecule is CCNC(=O)[C@H]1O[C@@H](n2cnc3c(N)nc(C#CCC4CCN(C(=O)CC(C)(C)C)CC4)nc32)[C@@H](O)C1O. The number of nitrogen functional groups attached to an aromatic ring is 1. The van der Waals surface area contributed by atoms with Crippen molar-refractivity contribution in [2.75, 3.05) is 25.4 Å². The molecule has 2 amide bonds. The summed E-state index contributed by atoms with van der Waals surface area (Å²) in [5.41, 5.74) is 6.65. The van der Waals surface area contributed by atoms with Gasteiger partial charge in [0, 0.05) is 32.5 Å². The molecule has 12 nitrogen and oxygen atoms in total. The number of nitrogens with two attached hydrogens (primary N) is 1. The first-order valence-corrected chi connectivity index (χ1v) is 13.0. The zero-order valence-corrected chi connectivity index (χ0v) is 22.3. The Morgan fingerprint density at radius 1 is 1.21 bits per heavy atom. The molecule has 38 heavy (non-hydrogen) atoms. The van der Waals surface area contributed by atoms with Crippen LogP contribution in [0.15, 0.2) is 6.33 Å². The Morgan fingerprint density at radius 3 is 2.58 bits per heavy atom. The minimum atomic E-state index is -1.42. The number of nitrogens with one attached hydrogen (secondary N) is 1. The van der Waals surface area contributed by atoms with E-state index in [9.17, 15) is 19.8 Å². The van der Waals surface area contributed by atoms with E-state index in [-0.39, 0.29) is 28.6 Å². The van der Waals surface area contributed by atoms with Crippen LogP contribution in [0, 0.1) is 23.2 Å². The van der Waals surface area contributed by atoms with E-state index in [0.29, 0.717) is 30.8 Å². The summed E-state index contributed by atoms with van der Waals surface area (Å²) >= 11 is 0. The van der Waals surface area contributed by atoms with Crippen LogP contribution < -0.4 is 11.1 Å². The number of aliphatic hydroxyl groups is 2. The monoisotopic (exact) mass is 527 g/mol. The van der Waals surface area contributed by atoms with Gasteiger partial charge in [0.1, 0.15) is 17.7 Å². The lowest BCUT2D eigenvalue weighted by Crippen LogP contribution is -2.42. The van der Waals surface area contributed by atoms with Gasteiger partial charge in [-0.1, -0.05) is 26.7 Å². The molecule has 0 aromatic carbocycles. The Morgan fingerprint density at radius 2 is 1.92 bits per heavy atom. The van der Waals surface area contributed by atoms with Crippen LogP contribution in [0.2, 0.25) is 0 Å². The Hall–Kier alpha value is -3.27. The smallest absolute Gasteiger partial charge is 0.252 e. The van der Waals surface area contributed by atoms with Crippen molar-refractivity contribution in [2.45, 2.75) is 77.9 Å². The molecule has 0 bridgehead atoms. The molecular formula is C26H37N7O5. The van der Waals surface area contributed by atoms with Gasteiger partial charge in [-0.3, -0.25) is 14.2 Å². The number of fused-ring (bicyclic) bond motifs is 1. The number of piperidine rings is 1. The highest BCUT2D eigenvalue weighted by Gasteiger charge is 2.47. The number of hydrogen-bond acceptors (Lipinski definition) is 9. The molecule has 2 aromatic rings. The molecule has 0 spiro atoms. The zero-order valence-electron chi connectivity index (χ0n) is 22.3. The second kappa shape index (κ2) is 11.2. The van der Waals surface area contributed by atoms with Gasteiger partial charge in [-0.2, -0.15) is 0 Å². The van der Waals surface area contributed by atoms with Gasteiger partial charge < -0.3 is 30.9 Å². The van der Waals surface area contributed by atoms with Crippen LogP contribution in [-0.2, 0) is 14.3 Å². The fraction of sp³-hybridized carbons (Fsp3) is 0.654. The fourth-order valence-electron chi connectivity index (χ4n) is 4.79. The third-order valence-corrected chi connectivity index (χ3v) is 6.81. The molecule has 4 atom stereocenters. The number of carbonyl (C=O) groups excluding carboxylic acids is 2. The first-order valence-electron chi connectivity index (χ1n) is 13.0. The average Bonchev–Trinajstić information content (AvgIpc) is 3.40. The van der Waals surface area contributed by atoms with Crippen molar-refractivity contribution in [3.8, 4) is 11.8 Å². The third kappa shape index (κ3) is 6.06. The lowest BCUT2D eigenvalue weighted by Gasteiger charge is -2.33. The number of nitrogens with zero attached hydrogens (tertiary/aromatic N) is 5. The van der Waals surface area contributed by atoms with Crippen LogP contribution in [0.5, 0.6) is 0 Å². The van der Waals surface area contributed by atoms with Gasteiger partial charge in [0.25, 0.3) is 5.91 Å². The Kier molecular flexibility index (Phi) is 8.20. The summed E-state index contributed by atoms with van der Waals surface area (Å²) in [6.45, 7) is 9.80. The van der Waals surface area contributed by atoms with Gasteiger partial charge in [-0.25, -0.2) is 15.0 Å². The van der Waals surface area contributed by atoms with Gasteiger partial charge in [0.05, 0.1) is 6.33 Å². The number of carbonyl (C=O) groups is 2. The molecular weight excluding hydrogens is 490 g/mol. The molecule has 206 valence electrons. The maximum absolute atomic E-state index is 12.5. The third-order valence-electron chi connectivity index (χ3n) is 6.81. The Labute approximate surface area is 222 Å². The molecule has 0 radical (unpaired) electrons. The summed E-state index contributed by atoms with van der Waals surface area (Å²) in [5, 5.41) is 23.5. The van der Waals surface area contributed by atoms with Gasteiger partial charge >= 0.3 is 0 Å². The van der Waals surface area contributed by atoms with Gasteiger partial charge in [-0.05, 0) is 37.0 Å². The summed E-state index contributed by atoms with van der Waals surface area (Å²) in [5.74, 6) is 6.50. The first-order chi connectivity index (χ1) is 18.0. The number of rotatable bonds is 5. The molecule has 2 saturated heterocycles. The number of amides is 2. The summed E-state index contributed by atoms with van der Waals surface area (Å²) in [6, 6.07) is 0. The number of anilines is 1. The van der Waals surface area contributed by atoms with Gasteiger partial charge in [0.15, 0.2) is 23.8 Å². The number of aliphatic hydroxyl groups excluding tert-OH is 2. The summed E-state index contributed by atoms with van der Waals surface area (Å²) in [6.07, 6.45) is -0.773. The van der Waals surface area contributed by atoms with Crippen LogP contribution in [0.1, 0.15) is 65.4 Å². The van der Waals surface area contributed by atoms with Crippen molar-refractivity contribution >= 4 is 28.8 Å². The van der Waals surface area contributed by atoms with E-state index in [4.69, 9.17) is 10.5 Å². The summed E-state index contributed by atoms with van der Waals surface area (Å²) < 4.78 is 7.12. The maximum atomic E-state index is 12.5. The van der Waals surface area contributed by atoms with E-state index in [2.05, 4.69) is 52.9 Å². The largest absolute Gasteiger partial charge is 0.387 e. The normalized spacial score (nSPS) is 24.3. The number of likely N-dealkylation sites (N-methyl/N-ethyl adjacent to an activating group) is 1. The van der Waals surface area contributed by atoms with E-state index in [1.54, 1.807) is 6.92 Å². The molecule has 2 fully saturated rings. The molecule has 2 aliphatic rings. The summed E-state index contributed by atoms with van der Waals surface area (Å²) in [4.78, 5) is 39.6. The molecule has 2 aromatic heterocycles. The standard InChI is InChI=1S/C26H37N7O5/c1-5-28-24(37)21-19(35)20(36)25(38-21)33-14-29-18-22(27)30-16(31-23(18)33)8-6-7-15-9-11-32(12-10-15)17(34)13-26(2,3)4/h14-15,19-21,25,35-36H,5,7,9-13H2,1-4H3,(H,28,37)(H2,27,30,31)/t19?,20-,21-,25+/m0/s1. The second-order valence-electron chi connectivity index (χ2n) is 11.1. The molecule has 2 aliphatic heterocycles. The Bertz CT molecular complexity index is 1240. The van der Waals surface area contributed by atoms with E-state index < -0.39 is 30.4 Å². The van der Waals surface area contributed by atoms with Crippen LogP contribution in [-0.4, -0.2) is 84.4 Å². The molecule has 4 rings (SSSR count). The predicted octanol–water partition coefficient (Wildman–Crippen LogP) is 0.580. The molecule has 12 heteroatoms. The van der Waals surface area contributed by atoms with Gasteiger partial charge in [-0.15, -0.1) is 0 Å². The minimum Gasteiger partial charge on any atom is -0.387 e. The molecule has 0 saturated carbocycles. The Balaban J connectivity index is 1.43. The van der Waals surface area contributed by atoms with Crippen molar-refractivity contribution in [1.29, 1.82) is 0 Å². The molecule has 0 aliphatic carbocycles. The number of ether oxygens (including phenoxy) is 1. The highest BCUT2D eigenvalue weighted by molar-refractivity contribution is 5.83. The maximum Gasteiger partial charge on any atom is 0.252 e. The number of hydrogen-bond donors (Lipinski definition) is 4. The molecule has 5 N–H and O–H groups in total. The highest BCUT2D eigenvalue weighted by atomic mass is 16.6. The van der Waals surface area contributed by atoms with E-state index >= 15 is 0 Å². The molecule has 4 heterocycles. The highest BCUT2D eigenvalue weighted by Crippen LogP contribution is 2.32. The number of imidazole rings is 1. The van der Waals surface area contributed by atoms with Crippen LogP contribution in [0.3, 0.4) is 0 Å². The lowest BCUT2D eigenvalue weighted by atomic mass is 9.89. The second-order valence-corrected chi connectivity index (χ2v) is 11.1. The number of aromatic nitrogens is 4. The zero-order chi connectivity index (χ0) is 27.6. The van der Waals surface area contributed by atoms with Crippen molar-refractivity contribution in [3.63, 3.8) is 0 Å².